The molecule has 0 amide bonds. The minimum absolute atomic E-state index is 0.158. The number of aryl methyl sites for hydroxylation is 1. The predicted molar refractivity (Wildman–Crippen MR) is 83.8 cm³/mol. The fourth-order valence-corrected chi connectivity index (χ4v) is 5.18. The van der Waals surface area contributed by atoms with Crippen molar-refractivity contribution in [1.82, 2.24) is 9.55 Å². The first-order chi connectivity index (χ1) is 13.1. The molecule has 6 atom stereocenters. The van der Waals surface area contributed by atoms with Gasteiger partial charge in [0.15, 0.2) is 0 Å². The van der Waals surface area contributed by atoms with Gasteiger partial charge in [0.2, 0.25) is 0 Å². The van der Waals surface area contributed by atoms with Crippen LogP contribution in [0.25, 0.3) is 0 Å². The van der Waals surface area contributed by atoms with Gasteiger partial charge in [0.05, 0.1) is 12.7 Å². The van der Waals surface area contributed by atoms with E-state index in [9.17, 15) is 43.1 Å². The van der Waals surface area contributed by atoms with Crippen molar-refractivity contribution in [2.75, 3.05) is 6.61 Å². The van der Waals surface area contributed by atoms with Crippen molar-refractivity contribution in [2.24, 2.45) is 0 Å². The second kappa shape index (κ2) is 8.63. The molecule has 166 valence electrons. The summed E-state index contributed by atoms with van der Waals surface area (Å²) in [6, 6.07) is 0. The summed E-state index contributed by atoms with van der Waals surface area (Å²) in [4.78, 5) is 66.5. The third kappa shape index (κ3) is 7.03. The minimum atomic E-state index is -6.05. The lowest BCUT2D eigenvalue weighted by Gasteiger charge is -2.33. The van der Waals surface area contributed by atoms with E-state index in [0.717, 1.165) is 10.8 Å². The monoisotopic (exact) mass is 479 g/mol. The summed E-state index contributed by atoms with van der Waals surface area (Å²) in [5.74, 6) is 0. The quantitative estimate of drug-likeness (QED) is 0.313. The van der Waals surface area contributed by atoms with Gasteiger partial charge in [-0.2, -0.15) is 0 Å². The Labute approximate surface area is 161 Å². The van der Waals surface area contributed by atoms with Crippen molar-refractivity contribution in [3.63, 3.8) is 0 Å². The summed E-state index contributed by atoms with van der Waals surface area (Å²) in [5.41, 5.74) is -1.33. The molecule has 0 aromatic carbocycles. The number of aromatic nitrogens is 2. The summed E-state index contributed by atoms with van der Waals surface area (Å²) in [7, 11) is -17.6. The first kappa shape index (κ1) is 24.3. The fraction of sp³-hybridized carbons (Fsp3) is 0.600. The second-order valence-corrected chi connectivity index (χ2v) is 10.0. The molecule has 29 heavy (non-hydrogen) atoms. The third-order valence-electron chi connectivity index (χ3n) is 3.46. The molecule has 2 rings (SSSR count). The number of ether oxygens (including phenoxy) is 1. The van der Waals surface area contributed by atoms with Gasteiger partial charge in [-0.3, -0.25) is 28.0 Å². The lowest BCUT2D eigenvalue weighted by molar-refractivity contribution is -0.250. The predicted octanol–water partition coefficient (Wildman–Crippen LogP) is -3.06. The summed E-state index contributed by atoms with van der Waals surface area (Å²) in [6.07, 6.45) is -2.90. The maximum absolute atomic E-state index is 11.8. The number of phosphoric ester groups is 1. The van der Waals surface area contributed by atoms with Gasteiger partial charge in [-0.1, -0.05) is 0 Å². The lowest BCUT2D eigenvalue weighted by Crippen LogP contribution is -2.33. The van der Waals surface area contributed by atoms with E-state index in [0.29, 0.717) is 0 Å². The first-order valence-electron chi connectivity index (χ1n) is 7.47. The molecule has 1 aliphatic heterocycles. The number of nitrogens with zero attached hydrogens (tertiary/aromatic N) is 1. The van der Waals surface area contributed by atoms with E-state index in [2.05, 4.69) is 13.1 Å². The molecule has 0 radical (unpaired) electrons. The highest BCUT2D eigenvalue weighted by atomic mass is 31.3. The molecule has 1 fully saturated rings. The van der Waals surface area contributed by atoms with E-state index < -0.39 is 59.8 Å². The molecule has 1 aliphatic rings. The number of aliphatic hydroxyl groups is 1. The normalized spacial score (nSPS) is 28.4. The average Bonchev–Trinajstić information content (AvgIpc) is 2.86. The summed E-state index contributed by atoms with van der Waals surface area (Å²) in [6.45, 7) is 0.423. The molecule has 1 aromatic rings. The molecule has 19 heteroatoms. The molecule has 0 spiro atoms. The van der Waals surface area contributed by atoms with E-state index in [-0.39, 0.29) is 12.0 Å². The van der Waals surface area contributed by atoms with Gasteiger partial charge in [0.1, 0.15) is 12.3 Å². The Morgan fingerprint density at radius 1 is 1.24 bits per heavy atom. The molecule has 3 N–H and O–H groups in total. The highest BCUT2D eigenvalue weighted by molar-refractivity contribution is 7.65. The number of H-pyrrole nitrogens is 1. The minimum Gasteiger partial charge on any atom is -0.756 e. The van der Waals surface area contributed by atoms with E-state index in [1.807, 2.05) is 4.98 Å². The van der Waals surface area contributed by atoms with Crippen LogP contribution in [0.4, 0.5) is 0 Å². The van der Waals surface area contributed by atoms with E-state index >= 15 is 0 Å². The Bertz CT molecular complexity index is 1010. The van der Waals surface area contributed by atoms with Gasteiger partial charge in [0, 0.05) is 18.2 Å². The highest BCUT2D eigenvalue weighted by Gasteiger charge is 2.37. The number of hydrogen-bond acceptors (Lipinski definition) is 13. The Balaban J connectivity index is 2.03. The molecule has 16 nitrogen and oxygen atoms in total. The first-order valence-corrected chi connectivity index (χ1v) is 11.9. The molecule has 1 saturated heterocycles. The van der Waals surface area contributed by atoms with Crippen molar-refractivity contribution < 1.29 is 56.3 Å². The molecule has 0 aliphatic carbocycles. The molecule has 0 saturated carbocycles. The molecular weight excluding hydrogens is 465 g/mol. The standard InChI is InChI=1S/C10H17N2O14P3/c1-5-3-12(10(15)11-9(5)14)8-2-6(13)7(24-8)4-23-28(19,20)26-29(21,22)25-27(16,17)18/h3,6-8,13H,2,4H2,1H3,(H,19,20)(H,21,22)(H,11,14,15)(H2,16,17,18)/p-3/t6-,7-,8-/m1/s1. The van der Waals surface area contributed by atoms with Gasteiger partial charge in [0.25, 0.3) is 29.0 Å². The average molecular weight is 479 g/mol. The van der Waals surface area contributed by atoms with Crippen LogP contribution in [-0.2, 0) is 31.6 Å². The highest BCUT2D eigenvalue weighted by Crippen LogP contribution is 2.61. The van der Waals surface area contributed by atoms with Gasteiger partial charge < -0.3 is 33.9 Å². The number of rotatable bonds is 8. The Morgan fingerprint density at radius 3 is 2.45 bits per heavy atom. The molecular formula is C10H14N2O14P3-3. The van der Waals surface area contributed by atoms with E-state index in [1.54, 1.807) is 0 Å². The molecule has 0 bridgehead atoms. The second-order valence-electron chi connectivity index (χ2n) is 5.73. The van der Waals surface area contributed by atoms with Gasteiger partial charge in [-0.05, 0) is 6.92 Å². The Hall–Kier alpha value is -0.990. The van der Waals surface area contributed by atoms with Crippen LogP contribution in [0.2, 0.25) is 0 Å². The number of aromatic amines is 1. The van der Waals surface area contributed by atoms with Crippen LogP contribution >= 0.6 is 23.5 Å². The number of hydrogen-bond donors (Lipinski definition) is 3. The van der Waals surface area contributed by atoms with Gasteiger partial charge in [-0.25, -0.2) is 13.4 Å². The van der Waals surface area contributed by atoms with Crippen molar-refractivity contribution in [1.29, 1.82) is 0 Å². The van der Waals surface area contributed by atoms with Crippen LogP contribution in [0, 0.1) is 6.92 Å². The van der Waals surface area contributed by atoms with Crippen molar-refractivity contribution in [3.8, 4) is 0 Å². The van der Waals surface area contributed by atoms with Crippen molar-refractivity contribution in [2.45, 2.75) is 31.8 Å². The van der Waals surface area contributed by atoms with Crippen molar-refractivity contribution >= 4 is 23.5 Å². The van der Waals surface area contributed by atoms with Gasteiger partial charge in [-0.15, -0.1) is 0 Å². The number of phosphoric acid groups is 3. The van der Waals surface area contributed by atoms with Crippen LogP contribution in [0.15, 0.2) is 15.8 Å². The van der Waals surface area contributed by atoms with Crippen LogP contribution in [0.3, 0.4) is 0 Å². The van der Waals surface area contributed by atoms with Crippen molar-refractivity contribution in [3.05, 3.63) is 32.6 Å². The maximum atomic E-state index is 11.8. The SMILES string of the molecule is Cc1cn([C@H]2C[C@@H](O)[C@@H](COP(=O)([O-])OP(=O)([O-])OP(=O)([O-])O)O2)c(=O)[nH]c1=O. The number of nitrogens with one attached hydrogen (secondary N) is 1. The Kier molecular flexibility index (Phi) is 7.23. The van der Waals surface area contributed by atoms with E-state index in [1.165, 1.54) is 6.92 Å². The largest absolute Gasteiger partial charge is 0.756 e. The summed E-state index contributed by atoms with van der Waals surface area (Å²) in [5, 5.41) is 9.94. The lowest BCUT2D eigenvalue weighted by atomic mass is 10.2. The Morgan fingerprint density at radius 2 is 1.86 bits per heavy atom. The third-order valence-corrected chi connectivity index (χ3v) is 7.15. The zero-order valence-electron chi connectivity index (χ0n) is 14.3. The van der Waals surface area contributed by atoms with Crippen LogP contribution in [0.5, 0.6) is 0 Å². The summed E-state index contributed by atoms with van der Waals surface area (Å²) >= 11 is 0. The van der Waals surface area contributed by atoms with Crippen LogP contribution in [0.1, 0.15) is 18.2 Å². The molecule has 2 heterocycles. The smallest absolute Gasteiger partial charge is 0.330 e. The van der Waals surface area contributed by atoms with E-state index in [4.69, 9.17) is 9.63 Å². The zero-order valence-corrected chi connectivity index (χ0v) is 17.0. The number of aliphatic hydroxyl groups excluding tert-OH is 1. The van der Waals surface area contributed by atoms with Crippen LogP contribution < -0.4 is 25.9 Å². The summed E-state index contributed by atoms with van der Waals surface area (Å²) < 4.78 is 50.0. The zero-order chi connectivity index (χ0) is 22.2. The van der Waals surface area contributed by atoms with Crippen LogP contribution in [-0.4, -0.2) is 38.4 Å². The van der Waals surface area contributed by atoms with Gasteiger partial charge >= 0.3 is 5.69 Å². The molecule has 1 aromatic heterocycles. The fourth-order valence-electron chi connectivity index (χ4n) is 2.29. The topological polar surface area (TPSA) is 253 Å². The molecule has 3 unspecified atom stereocenters. The maximum Gasteiger partial charge on any atom is 0.330 e.